The summed E-state index contributed by atoms with van der Waals surface area (Å²) >= 11 is 0. The summed E-state index contributed by atoms with van der Waals surface area (Å²) in [7, 11) is 0. The van der Waals surface area contributed by atoms with Gasteiger partial charge in [-0.15, -0.1) is 12.4 Å². The van der Waals surface area contributed by atoms with Crippen LogP contribution in [0.5, 0.6) is 0 Å². The summed E-state index contributed by atoms with van der Waals surface area (Å²) < 4.78 is 66.2. The lowest BCUT2D eigenvalue weighted by Gasteiger charge is -2.36. The maximum absolute atomic E-state index is 13.6. The Morgan fingerprint density at radius 3 is 2.25 bits per heavy atom. The molecule has 1 saturated heterocycles. The molecule has 1 aliphatic rings. The third-order valence-corrected chi connectivity index (χ3v) is 3.10. The molecule has 1 fully saturated rings. The smallest absolute Gasteiger partial charge is 0.314 e. The summed E-state index contributed by atoms with van der Waals surface area (Å²) in [5, 5.41) is 2.92. The van der Waals surface area contributed by atoms with Crippen molar-refractivity contribution in [1.29, 1.82) is 0 Å². The van der Waals surface area contributed by atoms with Crippen molar-refractivity contribution in [1.82, 2.24) is 10.2 Å². The molecule has 0 saturated carbocycles. The van der Waals surface area contributed by atoms with E-state index in [0.29, 0.717) is 13.1 Å². The van der Waals surface area contributed by atoms with Gasteiger partial charge in [0.05, 0.1) is 0 Å². The summed E-state index contributed by atoms with van der Waals surface area (Å²) in [6.45, 7) is 1.06. The number of piperazine rings is 1. The molecule has 2 rings (SSSR count). The molecule has 0 amide bonds. The maximum Gasteiger partial charge on any atom is 0.408 e. The van der Waals surface area contributed by atoms with Crippen molar-refractivity contribution in [2.24, 2.45) is 0 Å². The fraction of sp³-hybridized carbons (Fsp3) is 0.500. The molecular formula is C12H14ClF5N2. The first-order valence-corrected chi connectivity index (χ1v) is 5.86. The van der Waals surface area contributed by atoms with Crippen LogP contribution in [0.1, 0.15) is 11.6 Å². The molecular weight excluding hydrogens is 303 g/mol. The van der Waals surface area contributed by atoms with E-state index in [4.69, 9.17) is 0 Å². The van der Waals surface area contributed by atoms with Crippen LogP contribution in [0.3, 0.4) is 0 Å². The van der Waals surface area contributed by atoms with E-state index < -0.39 is 29.4 Å². The van der Waals surface area contributed by atoms with Gasteiger partial charge in [0, 0.05) is 31.7 Å². The van der Waals surface area contributed by atoms with Crippen LogP contribution in [0.2, 0.25) is 0 Å². The molecule has 1 aliphatic heterocycles. The average Bonchev–Trinajstić information content (AvgIpc) is 2.35. The second-order valence-electron chi connectivity index (χ2n) is 4.37. The average molecular weight is 317 g/mol. The molecule has 0 radical (unpaired) electrons. The minimum Gasteiger partial charge on any atom is -0.314 e. The number of hydrogen-bond acceptors (Lipinski definition) is 2. The summed E-state index contributed by atoms with van der Waals surface area (Å²) in [5.74, 6) is -2.69. The van der Waals surface area contributed by atoms with Crippen LogP contribution in [0, 0.1) is 11.6 Å². The number of alkyl halides is 3. The van der Waals surface area contributed by atoms with Crippen LogP contribution in [0.25, 0.3) is 0 Å². The van der Waals surface area contributed by atoms with Crippen molar-refractivity contribution in [2.75, 3.05) is 26.2 Å². The zero-order valence-electron chi connectivity index (χ0n) is 10.4. The van der Waals surface area contributed by atoms with Crippen molar-refractivity contribution in [3.8, 4) is 0 Å². The Morgan fingerprint density at radius 1 is 1.10 bits per heavy atom. The standard InChI is InChI=1S/C12H13F5N2.ClH/c13-9-3-1-2-8(10(9)14)11(12(15,16)17)19-6-4-18-5-7-19;/h1-3,11,18H,4-7H2;1H/t11-;/m0./s1. The number of nitrogens with zero attached hydrogens (tertiary/aromatic N) is 1. The van der Waals surface area contributed by atoms with Crippen molar-refractivity contribution in [3.05, 3.63) is 35.4 Å². The zero-order chi connectivity index (χ0) is 14.0. The van der Waals surface area contributed by atoms with Crippen LogP contribution in [0.15, 0.2) is 18.2 Å². The molecule has 114 valence electrons. The van der Waals surface area contributed by atoms with E-state index >= 15 is 0 Å². The SMILES string of the molecule is Cl.Fc1cccc([C@H](N2CCNCC2)C(F)(F)F)c1F. The minimum absolute atomic E-state index is 0. The molecule has 0 aromatic heterocycles. The summed E-state index contributed by atoms with van der Waals surface area (Å²) in [6.07, 6.45) is -4.65. The Kier molecular flexibility index (Phi) is 5.73. The second-order valence-corrected chi connectivity index (χ2v) is 4.37. The Hall–Kier alpha value is -0.920. The first-order chi connectivity index (χ1) is 8.91. The topological polar surface area (TPSA) is 15.3 Å². The Morgan fingerprint density at radius 2 is 1.70 bits per heavy atom. The molecule has 2 nitrogen and oxygen atoms in total. The van der Waals surface area contributed by atoms with E-state index in [1.165, 1.54) is 0 Å². The van der Waals surface area contributed by atoms with Gasteiger partial charge in [0.1, 0.15) is 6.04 Å². The molecule has 0 aliphatic carbocycles. The highest BCUT2D eigenvalue weighted by atomic mass is 35.5. The van der Waals surface area contributed by atoms with Crippen LogP contribution < -0.4 is 5.32 Å². The van der Waals surface area contributed by atoms with Crippen LogP contribution in [-0.2, 0) is 0 Å². The molecule has 0 spiro atoms. The van der Waals surface area contributed by atoms with Crippen molar-refractivity contribution < 1.29 is 22.0 Å². The summed E-state index contributed by atoms with van der Waals surface area (Å²) in [4.78, 5) is 1.12. The van der Waals surface area contributed by atoms with Gasteiger partial charge in [0.25, 0.3) is 0 Å². The van der Waals surface area contributed by atoms with E-state index in [1.807, 2.05) is 0 Å². The normalized spacial score (nSPS) is 18.4. The first kappa shape index (κ1) is 17.1. The van der Waals surface area contributed by atoms with Gasteiger partial charge in [-0.2, -0.15) is 13.2 Å². The lowest BCUT2D eigenvalue weighted by molar-refractivity contribution is -0.188. The maximum atomic E-state index is 13.6. The van der Waals surface area contributed by atoms with E-state index in [-0.39, 0.29) is 25.5 Å². The quantitative estimate of drug-likeness (QED) is 0.844. The molecule has 0 unspecified atom stereocenters. The molecule has 1 N–H and O–H groups in total. The van der Waals surface area contributed by atoms with Gasteiger partial charge in [-0.05, 0) is 6.07 Å². The predicted octanol–water partition coefficient (Wildman–Crippen LogP) is 2.90. The Labute approximate surface area is 119 Å². The number of hydrogen-bond donors (Lipinski definition) is 1. The molecule has 8 heteroatoms. The third-order valence-electron chi connectivity index (χ3n) is 3.10. The summed E-state index contributed by atoms with van der Waals surface area (Å²) in [5.41, 5.74) is -0.658. The largest absolute Gasteiger partial charge is 0.408 e. The van der Waals surface area contributed by atoms with E-state index in [0.717, 1.165) is 23.1 Å². The monoisotopic (exact) mass is 316 g/mol. The molecule has 1 aromatic rings. The summed E-state index contributed by atoms with van der Waals surface area (Å²) in [6, 6.07) is 0.780. The van der Waals surface area contributed by atoms with Crippen LogP contribution >= 0.6 is 12.4 Å². The lowest BCUT2D eigenvalue weighted by atomic mass is 10.0. The van der Waals surface area contributed by atoms with Gasteiger partial charge in [-0.25, -0.2) is 8.78 Å². The molecule has 0 bridgehead atoms. The van der Waals surface area contributed by atoms with Gasteiger partial charge >= 0.3 is 6.18 Å². The predicted molar refractivity (Wildman–Crippen MR) is 66.8 cm³/mol. The van der Waals surface area contributed by atoms with Gasteiger partial charge in [-0.3, -0.25) is 4.90 Å². The van der Waals surface area contributed by atoms with Gasteiger partial charge in [0.15, 0.2) is 11.6 Å². The number of rotatable bonds is 2. The lowest BCUT2D eigenvalue weighted by Crippen LogP contribution is -2.49. The van der Waals surface area contributed by atoms with Crippen molar-refractivity contribution in [3.63, 3.8) is 0 Å². The van der Waals surface area contributed by atoms with Crippen LogP contribution in [-0.4, -0.2) is 37.3 Å². The van der Waals surface area contributed by atoms with Crippen LogP contribution in [0.4, 0.5) is 22.0 Å². The van der Waals surface area contributed by atoms with Gasteiger partial charge < -0.3 is 5.32 Å². The Bertz CT molecular complexity index is 446. The van der Waals surface area contributed by atoms with E-state index in [1.54, 1.807) is 0 Å². The van der Waals surface area contributed by atoms with Gasteiger partial charge in [0.2, 0.25) is 0 Å². The first-order valence-electron chi connectivity index (χ1n) is 5.86. The number of halogens is 6. The molecule has 1 aromatic carbocycles. The van der Waals surface area contributed by atoms with E-state index in [9.17, 15) is 22.0 Å². The van der Waals surface area contributed by atoms with Gasteiger partial charge in [-0.1, -0.05) is 12.1 Å². The fourth-order valence-corrected chi connectivity index (χ4v) is 2.25. The molecule has 20 heavy (non-hydrogen) atoms. The van der Waals surface area contributed by atoms with Crippen molar-refractivity contribution in [2.45, 2.75) is 12.2 Å². The highest BCUT2D eigenvalue weighted by Gasteiger charge is 2.46. The van der Waals surface area contributed by atoms with Crippen molar-refractivity contribution >= 4 is 12.4 Å². The Balaban J connectivity index is 0.00000200. The third kappa shape index (κ3) is 3.59. The zero-order valence-corrected chi connectivity index (χ0v) is 11.2. The number of benzene rings is 1. The second kappa shape index (κ2) is 6.69. The van der Waals surface area contributed by atoms with E-state index in [2.05, 4.69) is 5.32 Å². The highest BCUT2D eigenvalue weighted by Crippen LogP contribution is 2.39. The highest BCUT2D eigenvalue weighted by molar-refractivity contribution is 5.85. The fourth-order valence-electron chi connectivity index (χ4n) is 2.25. The molecule has 1 heterocycles. The minimum atomic E-state index is -4.65. The number of nitrogens with one attached hydrogen (secondary N) is 1. The molecule has 1 atom stereocenters.